The normalized spacial score (nSPS) is 17.7. The van der Waals surface area contributed by atoms with Crippen LogP contribution in [-0.4, -0.2) is 5.78 Å². The van der Waals surface area contributed by atoms with Gasteiger partial charge >= 0.3 is 17.1 Å². The van der Waals surface area contributed by atoms with E-state index in [9.17, 15) is 4.79 Å². The van der Waals surface area contributed by atoms with Crippen molar-refractivity contribution >= 4 is 5.78 Å². The standard InChI is InChI=1S/C14H13O.C5H5.Fe/c15-14(13-8-4-5-9-13)11-10-12-6-2-1-3-7-12;1-2-4-5-3-1;/h1-9H,10-11H2;1-5H;/q;;+2. The van der Waals surface area contributed by atoms with Gasteiger partial charge in [-0.25, -0.2) is 0 Å². The molecule has 1 nitrogen and oxygen atoms in total. The first kappa shape index (κ1) is 18.5. The predicted octanol–water partition coefficient (Wildman–Crippen LogP) is 3.61. The molecule has 0 aromatic heterocycles. The van der Waals surface area contributed by atoms with Crippen molar-refractivity contribution in [2.75, 3.05) is 0 Å². The maximum Gasteiger partial charge on any atom is 2.00 e. The van der Waals surface area contributed by atoms with Gasteiger partial charge in [0, 0.05) is 12.3 Å². The quantitative estimate of drug-likeness (QED) is 0.775. The third-order valence-corrected chi connectivity index (χ3v) is 3.02. The molecule has 0 aliphatic heterocycles. The summed E-state index contributed by atoms with van der Waals surface area (Å²) in [6.45, 7) is 0. The zero-order valence-corrected chi connectivity index (χ0v) is 12.9. The summed E-state index contributed by atoms with van der Waals surface area (Å²) in [6.07, 6.45) is 18.9. The van der Waals surface area contributed by atoms with Crippen molar-refractivity contribution in [1.82, 2.24) is 0 Å². The molecule has 2 saturated carbocycles. The maximum absolute atomic E-state index is 11.7. The molecule has 10 radical (unpaired) electrons. The molecule has 106 valence electrons. The summed E-state index contributed by atoms with van der Waals surface area (Å²) < 4.78 is 0. The Morgan fingerprint density at radius 3 is 1.81 bits per heavy atom. The first-order valence-electron chi connectivity index (χ1n) is 6.82. The third-order valence-electron chi connectivity index (χ3n) is 3.02. The molecule has 0 spiro atoms. The van der Waals surface area contributed by atoms with Gasteiger partial charge in [0.15, 0.2) is 0 Å². The number of ketones is 1. The molecule has 2 fully saturated rings. The summed E-state index contributed by atoms with van der Waals surface area (Å²) in [5.41, 5.74) is 1.22. The first-order chi connectivity index (χ1) is 9.86. The zero-order chi connectivity index (χ0) is 14.0. The summed E-state index contributed by atoms with van der Waals surface area (Å²) in [5.74, 6) is 1.05. The third kappa shape index (κ3) is 7.29. The minimum Gasteiger partial charge on any atom is -0.299 e. The molecule has 0 amide bonds. The molecule has 3 rings (SSSR count). The van der Waals surface area contributed by atoms with Crippen LogP contribution in [0.1, 0.15) is 12.0 Å². The van der Waals surface area contributed by atoms with Crippen LogP contribution in [0.25, 0.3) is 0 Å². The molecule has 0 heterocycles. The number of hydrogen-bond donors (Lipinski definition) is 0. The number of Topliss-reactive ketones (excluding diaryl/α,β-unsaturated/α-hetero) is 1. The van der Waals surface area contributed by atoms with E-state index in [0.29, 0.717) is 6.42 Å². The summed E-state index contributed by atoms with van der Waals surface area (Å²) in [4.78, 5) is 11.7. The van der Waals surface area contributed by atoms with Gasteiger partial charge in [-0.3, -0.25) is 4.79 Å². The van der Waals surface area contributed by atoms with E-state index in [0.717, 1.165) is 12.3 Å². The van der Waals surface area contributed by atoms with E-state index in [2.05, 4.69) is 12.1 Å². The summed E-state index contributed by atoms with van der Waals surface area (Å²) >= 11 is 0. The van der Waals surface area contributed by atoms with Gasteiger partial charge in [-0.15, -0.1) is 0 Å². The van der Waals surface area contributed by atoms with E-state index >= 15 is 0 Å². The van der Waals surface area contributed by atoms with Crippen LogP contribution in [-0.2, 0) is 28.3 Å². The van der Waals surface area contributed by atoms with Crippen LogP contribution in [0.5, 0.6) is 0 Å². The van der Waals surface area contributed by atoms with Crippen LogP contribution < -0.4 is 0 Å². The summed E-state index contributed by atoms with van der Waals surface area (Å²) in [5, 5.41) is 0. The van der Waals surface area contributed by atoms with Gasteiger partial charge in [0.25, 0.3) is 0 Å². The molecule has 0 bridgehead atoms. The van der Waals surface area contributed by atoms with Gasteiger partial charge in [0.2, 0.25) is 0 Å². The summed E-state index contributed by atoms with van der Waals surface area (Å²) in [6, 6.07) is 10.1. The maximum atomic E-state index is 11.7. The molecule has 0 N–H and O–H groups in total. The predicted molar refractivity (Wildman–Crippen MR) is 81.7 cm³/mol. The van der Waals surface area contributed by atoms with Gasteiger partial charge in [-0.1, -0.05) is 30.3 Å². The number of benzene rings is 1. The Hall–Kier alpha value is -0.591. The second-order valence-electron chi connectivity index (χ2n) is 4.54. The second-order valence-corrected chi connectivity index (χ2v) is 4.54. The van der Waals surface area contributed by atoms with Crippen molar-refractivity contribution in [3.8, 4) is 0 Å². The Morgan fingerprint density at radius 2 is 1.29 bits per heavy atom. The van der Waals surface area contributed by atoms with Crippen LogP contribution in [0.15, 0.2) is 30.3 Å². The van der Waals surface area contributed by atoms with E-state index in [1.54, 1.807) is 0 Å². The van der Waals surface area contributed by atoms with Crippen molar-refractivity contribution in [2.24, 2.45) is 0 Å². The molecule has 2 heteroatoms. The van der Waals surface area contributed by atoms with Gasteiger partial charge in [0.1, 0.15) is 5.78 Å². The van der Waals surface area contributed by atoms with Gasteiger partial charge in [0.05, 0.1) is 0 Å². The van der Waals surface area contributed by atoms with Gasteiger partial charge in [-0.05, 0) is 69.8 Å². The molecule has 2 aliphatic carbocycles. The number of hydrogen-bond acceptors (Lipinski definition) is 1. The van der Waals surface area contributed by atoms with Gasteiger partial charge in [-0.2, -0.15) is 0 Å². The van der Waals surface area contributed by atoms with E-state index in [-0.39, 0.29) is 22.9 Å². The minimum absolute atomic E-state index is 0. The van der Waals surface area contributed by atoms with E-state index in [1.807, 2.05) is 76.0 Å². The van der Waals surface area contributed by atoms with Crippen molar-refractivity contribution < 1.29 is 21.9 Å². The van der Waals surface area contributed by atoms with Crippen LogP contribution in [0.4, 0.5) is 0 Å². The topological polar surface area (TPSA) is 17.1 Å². The molecule has 1 aromatic rings. The fraction of sp³-hybridized carbons (Fsp3) is 0.105. The Balaban J connectivity index is 0.000000313. The Labute approximate surface area is 140 Å². The molecule has 0 unspecified atom stereocenters. The SMILES string of the molecule is O=C(CCc1ccccc1)[C]1[CH][CH][CH][CH]1.[CH]1[CH][CH][CH][CH]1.[Fe+2]. The average molecular weight is 318 g/mol. The largest absolute Gasteiger partial charge is 2.00 e. The number of aryl methyl sites for hydroxylation is 1. The molecule has 1 aromatic carbocycles. The monoisotopic (exact) mass is 318 g/mol. The molecule has 2 aliphatic rings. The number of rotatable bonds is 4. The minimum atomic E-state index is 0. The Bertz CT molecular complexity index is 370. The van der Waals surface area contributed by atoms with E-state index in [4.69, 9.17) is 0 Å². The summed E-state index contributed by atoms with van der Waals surface area (Å²) in [7, 11) is 0. The van der Waals surface area contributed by atoms with Crippen LogP contribution in [0, 0.1) is 63.7 Å². The molecular weight excluding hydrogens is 300 g/mol. The fourth-order valence-corrected chi connectivity index (χ4v) is 1.93. The Morgan fingerprint density at radius 1 is 0.762 bits per heavy atom. The Kier molecular flexibility index (Phi) is 9.70. The average Bonchev–Trinajstić information content (AvgIpc) is 3.20. The van der Waals surface area contributed by atoms with Crippen LogP contribution in [0.2, 0.25) is 0 Å². The van der Waals surface area contributed by atoms with Crippen molar-refractivity contribution in [1.29, 1.82) is 0 Å². The molecule has 21 heavy (non-hydrogen) atoms. The van der Waals surface area contributed by atoms with E-state index < -0.39 is 0 Å². The zero-order valence-electron chi connectivity index (χ0n) is 11.8. The second kappa shape index (κ2) is 11.0. The van der Waals surface area contributed by atoms with E-state index in [1.165, 1.54) is 5.56 Å². The number of carbonyl (C=O) groups is 1. The molecule has 0 atom stereocenters. The molecule has 0 saturated heterocycles. The van der Waals surface area contributed by atoms with Crippen molar-refractivity contribution in [3.05, 3.63) is 99.6 Å². The smallest absolute Gasteiger partial charge is 0.299 e. The van der Waals surface area contributed by atoms with Crippen molar-refractivity contribution in [2.45, 2.75) is 12.8 Å². The fourth-order valence-electron chi connectivity index (χ4n) is 1.93. The first-order valence-corrected chi connectivity index (χ1v) is 6.82. The number of carbonyl (C=O) groups excluding carboxylic acids is 1. The molecular formula is C19H18FeO+2. The van der Waals surface area contributed by atoms with Crippen LogP contribution >= 0.6 is 0 Å². The van der Waals surface area contributed by atoms with Gasteiger partial charge < -0.3 is 0 Å². The van der Waals surface area contributed by atoms with Crippen LogP contribution in [0.3, 0.4) is 0 Å². The van der Waals surface area contributed by atoms with Crippen molar-refractivity contribution in [3.63, 3.8) is 0 Å².